The molecule has 0 bridgehead atoms. The number of alkyl halides is 1. The highest BCUT2D eigenvalue weighted by Crippen LogP contribution is 2.23. The van der Waals surface area contributed by atoms with Crippen LogP contribution >= 0.6 is 11.6 Å². The number of hydrogen-bond donors (Lipinski definition) is 1. The highest BCUT2D eigenvalue weighted by molar-refractivity contribution is 6.27. The van der Waals surface area contributed by atoms with E-state index in [0.717, 1.165) is 12.1 Å². The molecule has 5 heteroatoms. The third kappa shape index (κ3) is 3.66. The molecule has 1 N–H and O–H groups in total. The highest BCUT2D eigenvalue weighted by Gasteiger charge is 2.22. The van der Waals surface area contributed by atoms with Crippen molar-refractivity contribution in [1.29, 1.82) is 0 Å². The summed E-state index contributed by atoms with van der Waals surface area (Å²) in [5.74, 6) is -2.18. The van der Waals surface area contributed by atoms with Gasteiger partial charge in [-0.05, 0) is 17.7 Å². The number of rotatable bonds is 4. The van der Waals surface area contributed by atoms with Gasteiger partial charge in [0.1, 0.15) is 5.88 Å². The zero-order valence-electron chi connectivity index (χ0n) is 9.69. The molecule has 0 radical (unpaired) electrons. The van der Waals surface area contributed by atoms with E-state index in [-0.39, 0.29) is 11.8 Å². The smallest absolute Gasteiger partial charge is 0.234 e. The summed E-state index contributed by atoms with van der Waals surface area (Å²) >= 11 is 5.35. The van der Waals surface area contributed by atoms with Gasteiger partial charge in [0.05, 0.1) is 0 Å². The van der Waals surface area contributed by atoms with E-state index in [1.807, 2.05) is 13.8 Å². The average Bonchev–Trinajstić information content (AvgIpc) is 2.29. The number of amides is 1. The maximum atomic E-state index is 13.1. The van der Waals surface area contributed by atoms with E-state index in [1.54, 1.807) is 0 Å². The largest absolute Gasteiger partial charge is 0.354 e. The van der Waals surface area contributed by atoms with Crippen LogP contribution in [-0.4, -0.2) is 18.3 Å². The fourth-order valence-corrected chi connectivity index (χ4v) is 1.48. The van der Waals surface area contributed by atoms with Gasteiger partial charge in [-0.3, -0.25) is 4.79 Å². The predicted molar refractivity (Wildman–Crippen MR) is 63.1 cm³/mol. The molecule has 0 aliphatic carbocycles. The molecule has 0 aromatic heterocycles. The van der Waals surface area contributed by atoms with Gasteiger partial charge in [0.25, 0.3) is 0 Å². The van der Waals surface area contributed by atoms with Crippen LogP contribution < -0.4 is 5.32 Å². The Kier molecular flexibility index (Phi) is 4.46. The van der Waals surface area contributed by atoms with Gasteiger partial charge in [-0.25, -0.2) is 8.78 Å². The van der Waals surface area contributed by atoms with E-state index in [1.165, 1.54) is 6.07 Å². The van der Waals surface area contributed by atoms with Crippen molar-refractivity contribution in [3.05, 3.63) is 35.4 Å². The van der Waals surface area contributed by atoms with E-state index in [4.69, 9.17) is 11.6 Å². The summed E-state index contributed by atoms with van der Waals surface area (Å²) in [6.07, 6.45) is 0. The fraction of sp³-hybridized carbons (Fsp3) is 0.417. The number of halogens is 3. The van der Waals surface area contributed by atoms with Crippen molar-refractivity contribution < 1.29 is 13.6 Å². The molecular weight excluding hydrogens is 248 g/mol. The minimum atomic E-state index is -0.890. The van der Waals surface area contributed by atoms with Crippen LogP contribution in [0.5, 0.6) is 0 Å². The molecule has 1 aromatic carbocycles. The van der Waals surface area contributed by atoms with Crippen LogP contribution in [0.15, 0.2) is 18.2 Å². The van der Waals surface area contributed by atoms with Crippen molar-refractivity contribution in [3.8, 4) is 0 Å². The van der Waals surface area contributed by atoms with Crippen LogP contribution in [0.1, 0.15) is 19.4 Å². The van der Waals surface area contributed by atoms with Crippen molar-refractivity contribution in [2.24, 2.45) is 0 Å². The molecule has 0 fully saturated rings. The number of carbonyl (C=O) groups is 1. The van der Waals surface area contributed by atoms with Gasteiger partial charge in [-0.15, -0.1) is 11.6 Å². The van der Waals surface area contributed by atoms with Gasteiger partial charge in [0, 0.05) is 12.0 Å². The molecule has 0 aliphatic rings. The van der Waals surface area contributed by atoms with Crippen molar-refractivity contribution in [2.75, 3.05) is 12.4 Å². The minimum absolute atomic E-state index is 0.117. The Labute approximate surface area is 104 Å². The maximum Gasteiger partial charge on any atom is 0.234 e. The molecule has 0 saturated heterocycles. The van der Waals surface area contributed by atoms with Gasteiger partial charge in [0.15, 0.2) is 11.6 Å². The minimum Gasteiger partial charge on any atom is -0.354 e. The second kappa shape index (κ2) is 5.45. The summed E-state index contributed by atoms with van der Waals surface area (Å²) in [6, 6.07) is 3.73. The summed E-state index contributed by atoms with van der Waals surface area (Å²) in [7, 11) is 0. The third-order valence-corrected chi connectivity index (χ3v) is 2.79. The van der Waals surface area contributed by atoms with E-state index >= 15 is 0 Å². The number of benzene rings is 1. The van der Waals surface area contributed by atoms with Crippen LogP contribution in [0.4, 0.5) is 8.78 Å². The second-order valence-corrected chi connectivity index (χ2v) is 4.69. The van der Waals surface area contributed by atoms with Crippen LogP contribution in [-0.2, 0) is 10.2 Å². The fourth-order valence-electron chi connectivity index (χ4n) is 1.39. The van der Waals surface area contributed by atoms with E-state index in [9.17, 15) is 13.6 Å². The number of hydrogen-bond acceptors (Lipinski definition) is 1. The molecule has 0 heterocycles. The summed E-state index contributed by atoms with van der Waals surface area (Å²) in [4.78, 5) is 11.0. The zero-order chi connectivity index (χ0) is 13.1. The lowest BCUT2D eigenvalue weighted by Gasteiger charge is -2.25. The normalized spacial score (nSPS) is 11.4. The summed E-state index contributed by atoms with van der Waals surface area (Å²) in [5.41, 5.74) is 0.127. The van der Waals surface area contributed by atoms with Crippen LogP contribution in [0.3, 0.4) is 0 Å². The molecule has 0 aliphatic heterocycles. The Balaban J connectivity index is 2.81. The first-order chi connectivity index (χ1) is 7.86. The quantitative estimate of drug-likeness (QED) is 0.830. The Morgan fingerprint density at radius 1 is 1.35 bits per heavy atom. The number of carbonyl (C=O) groups excluding carboxylic acids is 1. The van der Waals surface area contributed by atoms with Crippen molar-refractivity contribution >= 4 is 17.5 Å². The topological polar surface area (TPSA) is 29.1 Å². The molecule has 0 spiro atoms. The van der Waals surface area contributed by atoms with Gasteiger partial charge in [-0.1, -0.05) is 19.9 Å². The Hall–Kier alpha value is -1.16. The zero-order valence-corrected chi connectivity index (χ0v) is 10.4. The van der Waals surface area contributed by atoms with Crippen molar-refractivity contribution in [2.45, 2.75) is 19.3 Å². The van der Waals surface area contributed by atoms with Crippen molar-refractivity contribution in [1.82, 2.24) is 5.32 Å². The highest BCUT2D eigenvalue weighted by atomic mass is 35.5. The van der Waals surface area contributed by atoms with Gasteiger partial charge in [0.2, 0.25) is 5.91 Å². The molecule has 17 heavy (non-hydrogen) atoms. The molecule has 1 rings (SSSR count). The molecule has 94 valence electrons. The van der Waals surface area contributed by atoms with Gasteiger partial charge < -0.3 is 5.32 Å². The Morgan fingerprint density at radius 2 is 2.00 bits per heavy atom. The Morgan fingerprint density at radius 3 is 2.53 bits per heavy atom. The van der Waals surface area contributed by atoms with Crippen LogP contribution in [0.25, 0.3) is 0 Å². The van der Waals surface area contributed by atoms with E-state index in [2.05, 4.69) is 5.32 Å². The SMILES string of the molecule is CC(C)(CNC(=O)CCl)c1ccc(F)c(F)c1. The molecule has 0 saturated carbocycles. The average molecular weight is 262 g/mol. The summed E-state index contributed by atoms with van der Waals surface area (Å²) in [6.45, 7) is 3.96. The maximum absolute atomic E-state index is 13.1. The van der Waals surface area contributed by atoms with Crippen LogP contribution in [0.2, 0.25) is 0 Å². The second-order valence-electron chi connectivity index (χ2n) is 4.42. The first kappa shape index (κ1) is 13.9. The lowest BCUT2D eigenvalue weighted by Crippen LogP contribution is -2.37. The molecule has 1 amide bonds. The molecule has 0 atom stereocenters. The molecule has 0 unspecified atom stereocenters. The molecule has 2 nitrogen and oxygen atoms in total. The van der Waals surface area contributed by atoms with Gasteiger partial charge >= 0.3 is 0 Å². The number of nitrogens with one attached hydrogen (secondary N) is 1. The monoisotopic (exact) mass is 261 g/mol. The standard InChI is InChI=1S/C12H14ClF2NO/c1-12(2,7-16-11(17)6-13)8-3-4-9(14)10(15)5-8/h3-5H,6-7H2,1-2H3,(H,16,17). The van der Waals surface area contributed by atoms with E-state index < -0.39 is 17.0 Å². The van der Waals surface area contributed by atoms with Crippen molar-refractivity contribution in [3.63, 3.8) is 0 Å². The lowest BCUT2D eigenvalue weighted by molar-refractivity contribution is -0.118. The first-order valence-corrected chi connectivity index (χ1v) is 5.68. The lowest BCUT2D eigenvalue weighted by atomic mass is 9.84. The molecular formula is C12H14ClF2NO. The van der Waals surface area contributed by atoms with Crippen LogP contribution in [0, 0.1) is 11.6 Å². The summed E-state index contributed by atoms with van der Waals surface area (Å²) < 4.78 is 25.9. The Bertz CT molecular complexity index is 421. The predicted octanol–water partition coefficient (Wildman–Crippen LogP) is 2.60. The van der Waals surface area contributed by atoms with E-state index in [0.29, 0.717) is 12.1 Å². The summed E-state index contributed by atoms with van der Waals surface area (Å²) in [5, 5.41) is 2.62. The van der Waals surface area contributed by atoms with Gasteiger partial charge in [-0.2, -0.15) is 0 Å². The molecule has 1 aromatic rings. The third-order valence-electron chi connectivity index (χ3n) is 2.55. The first-order valence-electron chi connectivity index (χ1n) is 5.15.